The lowest BCUT2D eigenvalue weighted by Gasteiger charge is -2.30. The number of aromatic nitrogens is 2. The van der Waals surface area contributed by atoms with Crippen molar-refractivity contribution in [2.75, 3.05) is 6.61 Å². The quantitative estimate of drug-likeness (QED) is 0.151. The highest BCUT2D eigenvalue weighted by molar-refractivity contribution is 7.89. The van der Waals surface area contributed by atoms with E-state index in [-0.39, 0.29) is 23.4 Å². The number of carbonyl (C=O) groups is 2. The predicted octanol–water partition coefficient (Wildman–Crippen LogP) is 6.18. The van der Waals surface area contributed by atoms with Gasteiger partial charge in [0.25, 0.3) is 0 Å². The maximum atomic E-state index is 14.4. The third kappa shape index (κ3) is 6.64. The van der Waals surface area contributed by atoms with Crippen molar-refractivity contribution < 1.29 is 33.0 Å². The number of ether oxygens (including phenoxy) is 1. The van der Waals surface area contributed by atoms with Crippen LogP contribution in [-0.4, -0.2) is 56.8 Å². The number of aliphatic carboxylic acids is 1. The Labute approximate surface area is 276 Å². The first-order valence-electron chi connectivity index (χ1n) is 14.7. The molecule has 240 valence electrons. The van der Waals surface area contributed by atoms with Gasteiger partial charge < -0.3 is 14.9 Å². The van der Waals surface area contributed by atoms with Gasteiger partial charge in [-0.15, -0.1) is 0 Å². The molecule has 47 heavy (non-hydrogen) atoms. The molecule has 4 aromatic carbocycles. The Morgan fingerprint density at radius 3 is 2.30 bits per heavy atom. The van der Waals surface area contributed by atoms with Crippen LogP contribution >= 0.6 is 11.6 Å². The van der Waals surface area contributed by atoms with Gasteiger partial charge in [-0.3, -0.25) is 9.48 Å². The Balaban J connectivity index is 1.34. The summed E-state index contributed by atoms with van der Waals surface area (Å²) in [5, 5.41) is 25.0. The van der Waals surface area contributed by atoms with E-state index in [0.29, 0.717) is 35.1 Å². The molecule has 6 rings (SSSR count). The fourth-order valence-electron chi connectivity index (χ4n) is 5.77. The zero-order chi connectivity index (χ0) is 33.2. The summed E-state index contributed by atoms with van der Waals surface area (Å²) in [5.74, 6) is -2.66. The third-order valence-electron chi connectivity index (χ3n) is 8.28. The molecule has 1 fully saturated rings. The Kier molecular flexibility index (Phi) is 8.87. The molecule has 2 N–H and O–H groups in total. The molecule has 1 aromatic heterocycles. The Morgan fingerprint density at radius 1 is 0.936 bits per heavy atom. The highest BCUT2D eigenvalue weighted by Crippen LogP contribution is 2.58. The molecule has 0 aliphatic heterocycles. The lowest BCUT2D eigenvalue weighted by Crippen LogP contribution is -2.48. The Bertz CT molecular complexity index is 2020. The highest BCUT2D eigenvalue weighted by Gasteiger charge is 2.68. The van der Waals surface area contributed by atoms with E-state index in [1.165, 1.54) is 30.3 Å². The largest absolute Gasteiger partial charge is 0.492 e. The molecule has 0 saturated heterocycles. The molecule has 0 bridgehead atoms. The zero-order valence-electron chi connectivity index (χ0n) is 24.9. The average Bonchev–Trinajstić information content (AvgIpc) is 3.62. The standard InChI is InChI=1S/C35H30ClN3O7S/c36-29-12-8-25(9-13-29)26-10-14-31(15-11-26)47(44,45)39(23-24-4-1-6-28(20-24)33(40)41)35(34(42)43)22-32(35)27-5-2-7-30(21-27)46-19-18-38-17-3-16-37-38/h1-17,20-21,32H,18-19,22-23H2,(H,40,41)(H,42,43)/t32-,35+/m0/s1. The van der Waals surface area contributed by atoms with Crippen LogP contribution in [0.5, 0.6) is 5.75 Å². The number of sulfonamides is 1. The maximum Gasteiger partial charge on any atom is 0.335 e. The second-order valence-corrected chi connectivity index (χ2v) is 13.5. The number of aromatic carboxylic acids is 1. The molecule has 0 amide bonds. The molecule has 0 radical (unpaired) electrons. The topological polar surface area (TPSA) is 139 Å². The molecular formula is C35H30ClN3O7S. The van der Waals surface area contributed by atoms with Crippen LogP contribution in [0.15, 0.2) is 120 Å². The van der Waals surface area contributed by atoms with Gasteiger partial charge in [0.2, 0.25) is 10.0 Å². The van der Waals surface area contributed by atoms with Crippen LogP contribution in [0, 0.1) is 0 Å². The van der Waals surface area contributed by atoms with E-state index in [2.05, 4.69) is 5.10 Å². The molecule has 1 heterocycles. The van der Waals surface area contributed by atoms with Crippen molar-refractivity contribution in [1.29, 1.82) is 0 Å². The fourth-order valence-corrected chi connectivity index (χ4v) is 7.66. The zero-order valence-corrected chi connectivity index (χ0v) is 26.5. The van der Waals surface area contributed by atoms with Crippen LogP contribution in [0.3, 0.4) is 0 Å². The molecular weight excluding hydrogens is 642 g/mol. The number of carboxylic acid groups (broad SMARTS) is 2. The smallest absolute Gasteiger partial charge is 0.335 e. The first kappa shape index (κ1) is 32.0. The van der Waals surface area contributed by atoms with Crippen LogP contribution < -0.4 is 4.74 Å². The van der Waals surface area contributed by atoms with Crippen LogP contribution in [-0.2, 0) is 27.9 Å². The van der Waals surface area contributed by atoms with E-state index in [1.54, 1.807) is 65.5 Å². The van der Waals surface area contributed by atoms with Gasteiger partial charge in [0.1, 0.15) is 17.9 Å². The third-order valence-corrected chi connectivity index (χ3v) is 10.4. The molecule has 2 atom stereocenters. The van der Waals surface area contributed by atoms with E-state index in [4.69, 9.17) is 16.3 Å². The Hall–Kier alpha value is -4.97. The average molecular weight is 672 g/mol. The number of benzene rings is 4. The summed E-state index contributed by atoms with van der Waals surface area (Å²) in [6.07, 6.45) is 3.50. The molecule has 1 saturated carbocycles. The van der Waals surface area contributed by atoms with Gasteiger partial charge in [0, 0.05) is 29.9 Å². The predicted molar refractivity (Wildman–Crippen MR) is 175 cm³/mol. The van der Waals surface area contributed by atoms with Crippen molar-refractivity contribution in [3.63, 3.8) is 0 Å². The van der Waals surface area contributed by atoms with Gasteiger partial charge >= 0.3 is 11.9 Å². The van der Waals surface area contributed by atoms with Crippen LogP contribution in [0.2, 0.25) is 5.02 Å². The van der Waals surface area contributed by atoms with Crippen LogP contribution in [0.25, 0.3) is 11.1 Å². The summed E-state index contributed by atoms with van der Waals surface area (Å²) in [6.45, 7) is 0.482. The van der Waals surface area contributed by atoms with Crippen molar-refractivity contribution in [3.05, 3.63) is 137 Å². The molecule has 10 nitrogen and oxygen atoms in total. The van der Waals surface area contributed by atoms with Crippen molar-refractivity contribution in [2.45, 2.75) is 35.9 Å². The van der Waals surface area contributed by atoms with Gasteiger partial charge in [-0.1, -0.05) is 60.1 Å². The van der Waals surface area contributed by atoms with Gasteiger partial charge in [-0.25, -0.2) is 13.2 Å². The number of hydrogen-bond donors (Lipinski definition) is 2. The molecule has 0 spiro atoms. The van der Waals surface area contributed by atoms with E-state index in [9.17, 15) is 28.2 Å². The van der Waals surface area contributed by atoms with Crippen LogP contribution in [0.4, 0.5) is 0 Å². The molecule has 1 aliphatic carbocycles. The lowest BCUT2D eigenvalue weighted by molar-refractivity contribution is -0.143. The monoisotopic (exact) mass is 671 g/mol. The minimum atomic E-state index is -4.43. The minimum absolute atomic E-state index is 0.0137. The number of nitrogens with zero attached hydrogens (tertiary/aromatic N) is 3. The minimum Gasteiger partial charge on any atom is -0.492 e. The summed E-state index contributed by atoms with van der Waals surface area (Å²) < 4.78 is 37.5. The SMILES string of the molecule is O=C(O)c1cccc(CN([C@]2(C(=O)O)C[C@H]2c2cccc(OCCn3cccn3)c2)S(=O)(=O)c2ccc(-c3ccc(Cl)cc3)cc2)c1. The number of hydrogen-bond acceptors (Lipinski definition) is 6. The van der Waals surface area contributed by atoms with E-state index >= 15 is 0 Å². The summed E-state index contributed by atoms with van der Waals surface area (Å²) in [5.41, 5.74) is 0.666. The molecule has 1 aliphatic rings. The normalized spacial score (nSPS) is 17.4. The number of rotatable bonds is 13. The van der Waals surface area contributed by atoms with Crippen molar-refractivity contribution in [2.24, 2.45) is 0 Å². The van der Waals surface area contributed by atoms with Crippen molar-refractivity contribution >= 4 is 33.6 Å². The highest BCUT2D eigenvalue weighted by atomic mass is 35.5. The van der Waals surface area contributed by atoms with Crippen molar-refractivity contribution in [3.8, 4) is 16.9 Å². The number of carboxylic acids is 2. The van der Waals surface area contributed by atoms with E-state index < -0.39 is 33.4 Å². The lowest BCUT2D eigenvalue weighted by atomic mass is 10.0. The summed E-state index contributed by atoms with van der Waals surface area (Å²) in [4.78, 5) is 24.8. The maximum absolute atomic E-state index is 14.4. The Morgan fingerprint density at radius 2 is 1.64 bits per heavy atom. The summed E-state index contributed by atoms with van der Waals surface area (Å²) >= 11 is 6.02. The van der Waals surface area contributed by atoms with E-state index in [1.807, 2.05) is 24.4 Å². The fraction of sp³-hybridized carbons (Fsp3) is 0.171. The van der Waals surface area contributed by atoms with Gasteiger partial charge in [-0.2, -0.15) is 9.40 Å². The van der Waals surface area contributed by atoms with Crippen molar-refractivity contribution in [1.82, 2.24) is 14.1 Å². The van der Waals surface area contributed by atoms with Crippen LogP contribution in [0.1, 0.15) is 33.8 Å². The summed E-state index contributed by atoms with van der Waals surface area (Å²) in [7, 11) is -4.43. The molecule has 0 unspecified atom stereocenters. The van der Waals surface area contributed by atoms with Gasteiger partial charge in [-0.05, 0) is 83.3 Å². The second kappa shape index (κ2) is 13.0. The number of halogens is 1. The first-order chi connectivity index (χ1) is 22.6. The summed E-state index contributed by atoms with van der Waals surface area (Å²) in [6, 6.07) is 27.9. The van der Waals surface area contributed by atoms with Gasteiger partial charge in [0.15, 0.2) is 0 Å². The first-order valence-corrected chi connectivity index (χ1v) is 16.5. The second-order valence-electron chi connectivity index (χ2n) is 11.2. The molecule has 5 aromatic rings. The van der Waals surface area contributed by atoms with E-state index in [0.717, 1.165) is 15.4 Å². The van der Waals surface area contributed by atoms with Gasteiger partial charge in [0.05, 0.1) is 17.0 Å². The molecule has 12 heteroatoms.